The van der Waals surface area contributed by atoms with E-state index < -0.39 is 24.2 Å². The SMILES string of the molecule is C=CCOC(=O)N[C@@H](C[C@H]1CCC(O)[C@H]2O[C@@H]12)C(=O)OC. The number of ether oxygens (including phenoxy) is 3. The molecule has 1 saturated heterocycles. The number of fused-ring (bicyclic) bond motifs is 1. The van der Waals surface area contributed by atoms with Crippen LogP contribution in [0.4, 0.5) is 4.79 Å². The van der Waals surface area contributed by atoms with Gasteiger partial charge in [-0.05, 0) is 25.2 Å². The fourth-order valence-corrected chi connectivity index (χ4v) is 2.77. The Bertz CT molecular complexity index is 412. The van der Waals surface area contributed by atoms with Gasteiger partial charge in [-0.1, -0.05) is 12.7 Å². The fourth-order valence-electron chi connectivity index (χ4n) is 2.77. The standard InChI is InChI=1S/C14H21NO6/c1-3-6-20-14(18)15-9(13(17)19-2)7-8-4-5-10(16)12-11(8)21-12/h3,8-12,16H,1,4-7H2,2H3,(H,15,18)/t8-,9+,10?,11+,12-/m1/s1. The van der Waals surface area contributed by atoms with Crippen molar-refractivity contribution in [1.29, 1.82) is 0 Å². The third kappa shape index (κ3) is 3.95. The van der Waals surface area contributed by atoms with Crippen LogP contribution >= 0.6 is 0 Å². The van der Waals surface area contributed by atoms with Crippen LogP contribution in [0.25, 0.3) is 0 Å². The molecule has 0 aromatic heterocycles. The van der Waals surface area contributed by atoms with E-state index in [1.54, 1.807) is 0 Å². The molecular weight excluding hydrogens is 278 g/mol. The maximum absolute atomic E-state index is 11.8. The van der Waals surface area contributed by atoms with E-state index in [9.17, 15) is 14.7 Å². The Morgan fingerprint density at radius 3 is 2.90 bits per heavy atom. The second-order valence-electron chi connectivity index (χ2n) is 5.31. The van der Waals surface area contributed by atoms with Gasteiger partial charge in [-0.2, -0.15) is 0 Å². The first-order chi connectivity index (χ1) is 10.1. The minimum absolute atomic E-state index is 0.0353. The van der Waals surface area contributed by atoms with E-state index in [1.807, 2.05) is 0 Å². The first-order valence-electron chi connectivity index (χ1n) is 7.02. The van der Waals surface area contributed by atoms with Crippen LogP contribution in [0.2, 0.25) is 0 Å². The van der Waals surface area contributed by atoms with Crippen molar-refractivity contribution in [2.24, 2.45) is 5.92 Å². The zero-order chi connectivity index (χ0) is 15.4. The van der Waals surface area contributed by atoms with E-state index in [4.69, 9.17) is 14.2 Å². The van der Waals surface area contributed by atoms with E-state index in [2.05, 4.69) is 11.9 Å². The molecule has 118 valence electrons. The number of carbonyl (C=O) groups is 2. The molecule has 0 radical (unpaired) electrons. The average molecular weight is 299 g/mol. The molecule has 0 bridgehead atoms. The lowest BCUT2D eigenvalue weighted by Crippen LogP contribution is -2.44. The van der Waals surface area contributed by atoms with Crippen molar-refractivity contribution in [3.63, 3.8) is 0 Å². The van der Waals surface area contributed by atoms with E-state index in [1.165, 1.54) is 13.2 Å². The molecule has 0 aromatic rings. The lowest BCUT2D eigenvalue weighted by Gasteiger charge is -2.25. The second-order valence-corrected chi connectivity index (χ2v) is 5.31. The number of epoxide rings is 1. The Morgan fingerprint density at radius 2 is 2.24 bits per heavy atom. The normalized spacial score (nSPS) is 31.5. The molecule has 2 aliphatic rings. The van der Waals surface area contributed by atoms with Crippen LogP contribution in [0.1, 0.15) is 19.3 Å². The number of hydrogen-bond donors (Lipinski definition) is 2. The number of carbonyl (C=O) groups excluding carboxylic acids is 2. The van der Waals surface area contributed by atoms with Crippen LogP contribution in [0.15, 0.2) is 12.7 Å². The quantitative estimate of drug-likeness (QED) is 0.418. The van der Waals surface area contributed by atoms with E-state index in [-0.39, 0.29) is 24.7 Å². The summed E-state index contributed by atoms with van der Waals surface area (Å²) < 4.78 is 14.9. The highest BCUT2D eigenvalue weighted by Gasteiger charge is 2.52. The largest absolute Gasteiger partial charge is 0.467 e. The summed E-state index contributed by atoms with van der Waals surface area (Å²) in [5.74, 6) is -0.406. The second kappa shape index (κ2) is 6.91. The number of alkyl carbamates (subject to hydrolysis) is 1. The van der Waals surface area contributed by atoms with Gasteiger partial charge in [-0.15, -0.1) is 0 Å². The molecule has 2 rings (SSSR count). The number of esters is 1. The lowest BCUT2D eigenvalue weighted by atomic mass is 9.83. The molecule has 0 aromatic carbocycles. The highest BCUT2D eigenvalue weighted by atomic mass is 16.6. The summed E-state index contributed by atoms with van der Waals surface area (Å²) in [5, 5.41) is 12.2. The van der Waals surface area contributed by atoms with Crippen molar-refractivity contribution < 1.29 is 28.9 Å². The van der Waals surface area contributed by atoms with Gasteiger partial charge in [0.2, 0.25) is 0 Å². The molecule has 2 N–H and O–H groups in total. The summed E-state index contributed by atoms with van der Waals surface area (Å²) in [4.78, 5) is 23.3. The number of amides is 1. The lowest BCUT2D eigenvalue weighted by molar-refractivity contribution is -0.143. The zero-order valence-corrected chi connectivity index (χ0v) is 12.0. The Labute approximate surface area is 123 Å². The molecule has 0 spiro atoms. The molecule has 1 amide bonds. The third-order valence-electron chi connectivity index (χ3n) is 3.89. The predicted octanol–water partition coefficient (Wildman–Crippen LogP) is 0.369. The highest BCUT2D eigenvalue weighted by molar-refractivity contribution is 5.81. The number of rotatable bonds is 6. The molecule has 7 heteroatoms. The Kier molecular flexibility index (Phi) is 5.19. The van der Waals surface area contributed by atoms with Crippen molar-refractivity contribution in [1.82, 2.24) is 5.32 Å². The molecule has 21 heavy (non-hydrogen) atoms. The smallest absolute Gasteiger partial charge is 0.408 e. The van der Waals surface area contributed by atoms with Crippen molar-refractivity contribution in [3.8, 4) is 0 Å². The summed E-state index contributed by atoms with van der Waals surface area (Å²) >= 11 is 0. The topological polar surface area (TPSA) is 97.4 Å². The maximum atomic E-state index is 11.8. The Balaban J connectivity index is 1.89. The minimum atomic E-state index is -0.780. The maximum Gasteiger partial charge on any atom is 0.408 e. The van der Waals surface area contributed by atoms with Gasteiger partial charge in [0.1, 0.15) is 18.8 Å². The van der Waals surface area contributed by atoms with Crippen molar-refractivity contribution in [3.05, 3.63) is 12.7 Å². The van der Waals surface area contributed by atoms with Crippen LogP contribution in [0, 0.1) is 5.92 Å². The van der Waals surface area contributed by atoms with Gasteiger partial charge in [-0.25, -0.2) is 9.59 Å². The molecule has 1 aliphatic heterocycles. The molecule has 1 saturated carbocycles. The third-order valence-corrected chi connectivity index (χ3v) is 3.89. The average Bonchev–Trinajstić information content (AvgIpc) is 3.27. The van der Waals surface area contributed by atoms with Gasteiger partial charge < -0.3 is 24.6 Å². The van der Waals surface area contributed by atoms with Crippen LogP contribution in [-0.2, 0) is 19.0 Å². The summed E-state index contributed by atoms with van der Waals surface area (Å²) in [7, 11) is 1.27. The summed E-state index contributed by atoms with van der Waals surface area (Å²) in [5.41, 5.74) is 0. The predicted molar refractivity (Wildman–Crippen MR) is 72.5 cm³/mol. The first-order valence-corrected chi connectivity index (χ1v) is 7.02. The minimum Gasteiger partial charge on any atom is -0.467 e. The number of methoxy groups -OCH3 is 1. The van der Waals surface area contributed by atoms with Crippen LogP contribution < -0.4 is 5.32 Å². The van der Waals surface area contributed by atoms with E-state index >= 15 is 0 Å². The summed E-state index contributed by atoms with van der Waals surface area (Å²) in [6.45, 7) is 3.51. The molecule has 7 nitrogen and oxygen atoms in total. The van der Waals surface area contributed by atoms with Gasteiger partial charge in [0, 0.05) is 0 Å². The van der Waals surface area contributed by atoms with Gasteiger partial charge in [0.15, 0.2) is 0 Å². The zero-order valence-electron chi connectivity index (χ0n) is 12.0. The van der Waals surface area contributed by atoms with E-state index in [0.717, 1.165) is 6.42 Å². The Hall–Kier alpha value is -1.60. The van der Waals surface area contributed by atoms with Crippen LogP contribution in [-0.4, -0.2) is 55.2 Å². The van der Waals surface area contributed by atoms with Gasteiger partial charge in [0.05, 0.1) is 19.3 Å². The van der Waals surface area contributed by atoms with Gasteiger partial charge in [0.25, 0.3) is 0 Å². The molecule has 5 atom stereocenters. The molecule has 1 aliphatic carbocycles. The first kappa shape index (κ1) is 15.8. The molecule has 2 fully saturated rings. The van der Waals surface area contributed by atoms with Crippen LogP contribution in [0.3, 0.4) is 0 Å². The van der Waals surface area contributed by atoms with Crippen molar-refractivity contribution in [2.45, 2.75) is 43.6 Å². The molecular formula is C14H21NO6. The monoisotopic (exact) mass is 299 g/mol. The summed E-state index contributed by atoms with van der Waals surface area (Å²) in [6.07, 6.45) is 1.96. The van der Waals surface area contributed by atoms with E-state index in [0.29, 0.717) is 12.8 Å². The summed E-state index contributed by atoms with van der Waals surface area (Å²) in [6, 6.07) is -0.780. The molecule has 1 heterocycles. The van der Waals surface area contributed by atoms with Crippen molar-refractivity contribution in [2.75, 3.05) is 13.7 Å². The van der Waals surface area contributed by atoms with Crippen LogP contribution in [0.5, 0.6) is 0 Å². The fraction of sp³-hybridized carbons (Fsp3) is 0.714. The number of aliphatic hydroxyl groups is 1. The Morgan fingerprint density at radius 1 is 1.48 bits per heavy atom. The number of nitrogens with one attached hydrogen (secondary N) is 1. The highest BCUT2D eigenvalue weighted by Crippen LogP contribution is 2.42. The molecule has 1 unspecified atom stereocenters. The van der Waals surface area contributed by atoms with Gasteiger partial charge >= 0.3 is 12.1 Å². The van der Waals surface area contributed by atoms with Crippen molar-refractivity contribution >= 4 is 12.1 Å². The van der Waals surface area contributed by atoms with Gasteiger partial charge in [-0.3, -0.25) is 0 Å². The number of aliphatic hydroxyl groups excluding tert-OH is 1. The number of hydrogen-bond acceptors (Lipinski definition) is 6.